The van der Waals surface area contributed by atoms with Gasteiger partial charge in [0.2, 0.25) is 5.91 Å². The highest BCUT2D eigenvalue weighted by atomic mass is 16.5. The van der Waals surface area contributed by atoms with Crippen molar-refractivity contribution in [3.05, 3.63) is 0 Å². The zero-order chi connectivity index (χ0) is 11.8. The van der Waals surface area contributed by atoms with E-state index < -0.39 is 18.0 Å². The molecule has 0 unspecified atom stereocenters. The lowest BCUT2D eigenvalue weighted by Gasteiger charge is -2.16. The smallest absolute Gasteiger partial charge is 0.302 e. The number of ether oxygens (including phenoxy) is 2. The summed E-state index contributed by atoms with van der Waals surface area (Å²) in [6, 6.07) is -0.504. The molecular formula is C9H15NO5. The maximum atomic E-state index is 10.8. The first-order valence-electron chi connectivity index (χ1n) is 4.45. The molecule has 0 radical (unpaired) electrons. The number of amides is 1. The number of carbonyl (C=O) groups excluding carboxylic acids is 3. The minimum absolute atomic E-state index is 0.0117. The van der Waals surface area contributed by atoms with Crippen LogP contribution in [0.4, 0.5) is 0 Å². The quantitative estimate of drug-likeness (QED) is 0.635. The summed E-state index contributed by atoms with van der Waals surface area (Å²) in [4.78, 5) is 31.8. The average Bonchev–Trinajstić information content (AvgIpc) is 2.08. The Bertz CT molecular complexity index is 233. The number of nitrogens with one attached hydrogen (secondary N) is 1. The van der Waals surface area contributed by atoms with Gasteiger partial charge in [-0.25, -0.2) is 0 Å². The first-order chi connectivity index (χ1) is 6.91. The normalized spacial score (nSPS) is 9.60. The first kappa shape index (κ1) is 13.4. The molecule has 6 nitrogen and oxygen atoms in total. The first-order valence-corrected chi connectivity index (χ1v) is 4.45. The Morgan fingerprint density at radius 1 is 1.00 bits per heavy atom. The Labute approximate surface area is 87.9 Å². The van der Waals surface area contributed by atoms with Gasteiger partial charge in [0.05, 0.1) is 6.04 Å². The van der Waals surface area contributed by atoms with Crippen LogP contribution >= 0.6 is 0 Å². The zero-order valence-corrected chi connectivity index (χ0v) is 9.03. The van der Waals surface area contributed by atoms with E-state index in [2.05, 4.69) is 5.32 Å². The van der Waals surface area contributed by atoms with Gasteiger partial charge in [-0.3, -0.25) is 14.4 Å². The Kier molecular flexibility index (Phi) is 6.08. The van der Waals surface area contributed by atoms with Gasteiger partial charge >= 0.3 is 11.9 Å². The summed E-state index contributed by atoms with van der Waals surface area (Å²) in [5.74, 6) is -1.18. The van der Waals surface area contributed by atoms with E-state index in [0.29, 0.717) is 0 Å². The van der Waals surface area contributed by atoms with Crippen molar-refractivity contribution in [2.75, 3.05) is 13.2 Å². The fourth-order valence-corrected chi connectivity index (χ4v) is 0.855. The Hall–Kier alpha value is -1.59. The van der Waals surface area contributed by atoms with Gasteiger partial charge in [-0.15, -0.1) is 0 Å². The van der Waals surface area contributed by atoms with Gasteiger partial charge < -0.3 is 14.8 Å². The molecule has 0 spiro atoms. The highest BCUT2D eigenvalue weighted by molar-refractivity contribution is 5.73. The number of carbonyl (C=O) groups is 3. The molecule has 0 heterocycles. The van der Waals surface area contributed by atoms with Gasteiger partial charge in [-0.05, 0) is 0 Å². The van der Waals surface area contributed by atoms with Gasteiger partial charge in [-0.2, -0.15) is 0 Å². The SMILES string of the molecule is CC(=O)NC(COC(C)=O)COC(C)=O. The van der Waals surface area contributed by atoms with E-state index in [0.717, 1.165) is 0 Å². The predicted molar refractivity (Wildman–Crippen MR) is 50.9 cm³/mol. The van der Waals surface area contributed by atoms with E-state index in [1.165, 1.54) is 20.8 Å². The zero-order valence-electron chi connectivity index (χ0n) is 9.03. The molecule has 0 aliphatic carbocycles. The molecule has 86 valence electrons. The molecule has 1 N–H and O–H groups in total. The van der Waals surface area contributed by atoms with Gasteiger partial charge in [0.15, 0.2) is 0 Å². The van der Waals surface area contributed by atoms with Crippen LogP contribution in [0.25, 0.3) is 0 Å². The highest BCUT2D eigenvalue weighted by Crippen LogP contribution is 1.90. The monoisotopic (exact) mass is 217 g/mol. The Morgan fingerprint density at radius 3 is 1.67 bits per heavy atom. The minimum Gasteiger partial charge on any atom is -0.464 e. The molecule has 15 heavy (non-hydrogen) atoms. The van der Waals surface area contributed by atoms with Gasteiger partial charge in [0.1, 0.15) is 13.2 Å². The van der Waals surface area contributed by atoms with E-state index in [4.69, 9.17) is 9.47 Å². The number of hydrogen-bond donors (Lipinski definition) is 1. The van der Waals surface area contributed by atoms with Crippen LogP contribution in [0.1, 0.15) is 20.8 Å². The minimum atomic E-state index is -0.504. The summed E-state index contributed by atoms with van der Waals surface area (Å²) in [6.45, 7) is 3.83. The summed E-state index contributed by atoms with van der Waals surface area (Å²) < 4.78 is 9.38. The average molecular weight is 217 g/mol. The van der Waals surface area contributed by atoms with Crippen LogP contribution in [0, 0.1) is 0 Å². The third-order valence-corrected chi connectivity index (χ3v) is 1.38. The fraction of sp³-hybridized carbons (Fsp3) is 0.667. The molecule has 0 atom stereocenters. The van der Waals surface area contributed by atoms with Crippen LogP contribution in [-0.4, -0.2) is 37.1 Å². The van der Waals surface area contributed by atoms with Crippen LogP contribution in [0.3, 0.4) is 0 Å². The third-order valence-electron chi connectivity index (χ3n) is 1.38. The van der Waals surface area contributed by atoms with E-state index in [-0.39, 0.29) is 19.1 Å². The molecule has 0 saturated carbocycles. The van der Waals surface area contributed by atoms with Crippen LogP contribution in [0.5, 0.6) is 0 Å². The topological polar surface area (TPSA) is 81.7 Å². The second-order valence-corrected chi connectivity index (χ2v) is 3.00. The second kappa shape index (κ2) is 6.80. The number of rotatable bonds is 5. The summed E-state index contributed by atoms with van der Waals surface area (Å²) >= 11 is 0. The van der Waals surface area contributed by atoms with Crippen molar-refractivity contribution < 1.29 is 23.9 Å². The Balaban J connectivity index is 3.99. The third kappa shape index (κ3) is 8.73. The molecule has 0 saturated heterocycles. The summed E-state index contributed by atoms with van der Waals surface area (Å²) in [5.41, 5.74) is 0. The van der Waals surface area contributed by atoms with Crippen LogP contribution in [0.15, 0.2) is 0 Å². The van der Waals surface area contributed by atoms with E-state index in [9.17, 15) is 14.4 Å². The van der Waals surface area contributed by atoms with E-state index in [1.807, 2.05) is 0 Å². The molecule has 0 bridgehead atoms. The second-order valence-electron chi connectivity index (χ2n) is 3.00. The molecule has 0 rings (SSSR count). The standard InChI is InChI=1S/C9H15NO5/c1-6(11)10-9(4-14-7(2)12)5-15-8(3)13/h9H,4-5H2,1-3H3,(H,10,11). The Morgan fingerprint density at radius 2 is 1.40 bits per heavy atom. The molecule has 1 amide bonds. The van der Waals surface area contributed by atoms with Crippen molar-refractivity contribution in [1.29, 1.82) is 0 Å². The van der Waals surface area contributed by atoms with Gasteiger partial charge in [0.25, 0.3) is 0 Å². The molecule has 6 heteroatoms. The van der Waals surface area contributed by atoms with E-state index in [1.54, 1.807) is 0 Å². The largest absolute Gasteiger partial charge is 0.464 e. The van der Waals surface area contributed by atoms with Gasteiger partial charge in [-0.1, -0.05) is 0 Å². The molecule has 0 fully saturated rings. The number of hydrogen-bond acceptors (Lipinski definition) is 5. The highest BCUT2D eigenvalue weighted by Gasteiger charge is 2.13. The molecule has 0 aliphatic heterocycles. The fourth-order valence-electron chi connectivity index (χ4n) is 0.855. The lowest BCUT2D eigenvalue weighted by molar-refractivity contribution is -0.146. The maximum absolute atomic E-state index is 10.8. The van der Waals surface area contributed by atoms with Crippen LogP contribution in [0.2, 0.25) is 0 Å². The van der Waals surface area contributed by atoms with Crippen molar-refractivity contribution in [3.8, 4) is 0 Å². The predicted octanol–water partition coefficient (Wildman–Crippen LogP) is -0.383. The summed E-state index contributed by atoms with van der Waals surface area (Å²) in [5, 5.41) is 2.50. The lowest BCUT2D eigenvalue weighted by atomic mass is 10.3. The molecule has 0 aromatic carbocycles. The van der Waals surface area contributed by atoms with Crippen molar-refractivity contribution in [2.45, 2.75) is 26.8 Å². The maximum Gasteiger partial charge on any atom is 0.302 e. The lowest BCUT2D eigenvalue weighted by Crippen LogP contribution is -2.41. The van der Waals surface area contributed by atoms with Crippen molar-refractivity contribution in [2.24, 2.45) is 0 Å². The summed E-state index contributed by atoms with van der Waals surface area (Å²) in [6.07, 6.45) is 0. The molecule has 0 aromatic heterocycles. The molecule has 0 aliphatic rings. The molecule has 0 aromatic rings. The van der Waals surface area contributed by atoms with Crippen molar-refractivity contribution in [3.63, 3.8) is 0 Å². The van der Waals surface area contributed by atoms with Crippen molar-refractivity contribution >= 4 is 17.8 Å². The number of esters is 2. The van der Waals surface area contributed by atoms with Crippen LogP contribution < -0.4 is 5.32 Å². The van der Waals surface area contributed by atoms with Crippen LogP contribution in [-0.2, 0) is 23.9 Å². The van der Waals surface area contributed by atoms with Gasteiger partial charge in [0, 0.05) is 20.8 Å². The summed E-state index contributed by atoms with van der Waals surface area (Å²) in [7, 11) is 0. The molecular weight excluding hydrogens is 202 g/mol. The van der Waals surface area contributed by atoms with E-state index >= 15 is 0 Å². The van der Waals surface area contributed by atoms with Crippen molar-refractivity contribution in [1.82, 2.24) is 5.32 Å².